The Balaban J connectivity index is 0.000001000. The fourth-order valence-electron chi connectivity index (χ4n) is 0.930. The highest BCUT2D eigenvalue weighted by Gasteiger charge is 2.11. The van der Waals surface area contributed by atoms with Gasteiger partial charge >= 0.3 is 0 Å². The zero-order chi connectivity index (χ0) is 7.23. The van der Waals surface area contributed by atoms with Gasteiger partial charge in [-0.3, -0.25) is 4.79 Å². The molecule has 0 aromatic carbocycles. The van der Waals surface area contributed by atoms with Gasteiger partial charge in [-0.15, -0.1) is 12.4 Å². The average Bonchev–Trinajstić information content (AvgIpc) is 2.03. The van der Waals surface area contributed by atoms with Gasteiger partial charge in [0.2, 0.25) is 6.41 Å². The van der Waals surface area contributed by atoms with Crippen LogP contribution in [-0.4, -0.2) is 38.8 Å². The van der Waals surface area contributed by atoms with Crippen molar-refractivity contribution in [3.63, 3.8) is 0 Å². The molecule has 1 amide bonds. The van der Waals surface area contributed by atoms with E-state index in [0.717, 1.165) is 19.7 Å². The molecule has 0 aromatic rings. The summed E-state index contributed by atoms with van der Waals surface area (Å²) >= 11 is 0. The highest BCUT2D eigenvalue weighted by atomic mass is 35.5. The lowest BCUT2D eigenvalue weighted by molar-refractivity contribution is -0.110. The summed E-state index contributed by atoms with van der Waals surface area (Å²) < 4.78 is 5.30. The maximum absolute atomic E-state index is 9.86. The van der Waals surface area contributed by atoms with Gasteiger partial charge in [-0.1, -0.05) is 0 Å². The molecule has 66 valence electrons. The normalized spacial score (nSPS) is 23.5. The summed E-state index contributed by atoms with van der Waals surface area (Å²) in [6, 6.07) is 0. The Labute approximate surface area is 72.1 Å². The van der Waals surface area contributed by atoms with Crippen LogP contribution < -0.4 is 10.6 Å². The van der Waals surface area contributed by atoms with Crippen molar-refractivity contribution >= 4 is 18.8 Å². The third kappa shape index (κ3) is 4.19. The maximum atomic E-state index is 9.86. The molecule has 0 radical (unpaired) electrons. The van der Waals surface area contributed by atoms with Crippen molar-refractivity contribution in [2.24, 2.45) is 0 Å². The van der Waals surface area contributed by atoms with Gasteiger partial charge in [-0.2, -0.15) is 0 Å². The molecule has 0 aliphatic carbocycles. The van der Waals surface area contributed by atoms with Gasteiger partial charge < -0.3 is 15.4 Å². The van der Waals surface area contributed by atoms with Gasteiger partial charge in [0.1, 0.15) is 0 Å². The van der Waals surface area contributed by atoms with E-state index in [0.29, 0.717) is 13.0 Å². The lowest BCUT2D eigenvalue weighted by Gasteiger charge is -2.22. The van der Waals surface area contributed by atoms with Crippen LogP contribution in [0.3, 0.4) is 0 Å². The van der Waals surface area contributed by atoms with Gasteiger partial charge in [-0.05, 0) is 0 Å². The molecule has 0 saturated carbocycles. The van der Waals surface area contributed by atoms with Crippen molar-refractivity contribution in [2.75, 3.05) is 26.2 Å². The van der Waals surface area contributed by atoms with Crippen molar-refractivity contribution in [1.29, 1.82) is 0 Å². The number of morpholine rings is 1. The Morgan fingerprint density at radius 2 is 2.55 bits per heavy atom. The molecule has 0 spiro atoms. The van der Waals surface area contributed by atoms with Crippen LogP contribution in [0.5, 0.6) is 0 Å². The third-order valence-corrected chi connectivity index (χ3v) is 1.43. The predicted octanol–water partition coefficient (Wildman–Crippen LogP) is -0.857. The minimum atomic E-state index is 0. The number of rotatable bonds is 3. The molecule has 5 heteroatoms. The minimum Gasteiger partial charge on any atom is -0.374 e. The van der Waals surface area contributed by atoms with Crippen LogP contribution in [0.4, 0.5) is 0 Å². The smallest absolute Gasteiger partial charge is 0.207 e. The first-order chi connectivity index (χ1) is 4.93. The number of amides is 1. The molecule has 11 heavy (non-hydrogen) atoms. The van der Waals surface area contributed by atoms with Crippen LogP contribution in [0.25, 0.3) is 0 Å². The number of hydrogen-bond donors (Lipinski definition) is 2. The van der Waals surface area contributed by atoms with Crippen molar-refractivity contribution in [3.05, 3.63) is 0 Å². The average molecular weight is 181 g/mol. The largest absolute Gasteiger partial charge is 0.374 e. The fourth-order valence-corrected chi connectivity index (χ4v) is 0.930. The molecule has 0 aromatic heterocycles. The Hall–Kier alpha value is -0.320. The first kappa shape index (κ1) is 10.7. The van der Waals surface area contributed by atoms with Crippen LogP contribution in [0, 0.1) is 0 Å². The van der Waals surface area contributed by atoms with Crippen molar-refractivity contribution in [2.45, 2.75) is 6.10 Å². The summed E-state index contributed by atoms with van der Waals surface area (Å²) in [7, 11) is 0. The quantitative estimate of drug-likeness (QED) is 0.556. The topological polar surface area (TPSA) is 50.4 Å². The molecule has 1 aliphatic rings. The first-order valence-electron chi connectivity index (χ1n) is 3.43. The SMILES string of the molecule is Cl.O=CNCC1CNCCO1. The zero-order valence-electron chi connectivity index (χ0n) is 6.21. The van der Waals surface area contributed by atoms with E-state index >= 15 is 0 Å². The predicted molar refractivity (Wildman–Crippen MR) is 43.9 cm³/mol. The number of carbonyl (C=O) groups excluding carboxylic acids is 1. The number of nitrogens with one attached hydrogen (secondary N) is 2. The van der Waals surface area contributed by atoms with Crippen molar-refractivity contribution in [3.8, 4) is 0 Å². The molecule has 1 rings (SSSR count). The standard InChI is InChI=1S/C6H12N2O2.ClH/c9-5-8-4-6-3-7-1-2-10-6;/h5-7H,1-4H2,(H,8,9);1H. The van der Waals surface area contributed by atoms with Crippen molar-refractivity contribution < 1.29 is 9.53 Å². The van der Waals surface area contributed by atoms with Crippen LogP contribution in [0.2, 0.25) is 0 Å². The molecule has 0 bridgehead atoms. The highest BCUT2D eigenvalue weighted by molar-refractivity contribution is 5.85. The summed E-state index contributed by atoms with van der Waals surface area (Å²) in [6.45, 7) is 3.10. The number of halogens is 1. The van der Waals surface area contributed by atoms with E-state index in [1.165, 1.54) is 0 Å². The molecule has 1 aliphatic heterocycles. The number of hydrogen-bond acceptors (Lipinski definition) is 3. The molecule has 1 unspecified atom stereocenters. The summed E-state index contributed by atoms with van der Waals surface area (Å²) in [6.07, 6.45) is 0.844. The molecule has 1 atom stereocenters. The molecule has 1 fully saturated rings. The van der Waals surface area contributed by atoms with E-state index in [1.54, 1.807) is 0 Å². The molecule has 2 N–H and O–H groups in total. The Kier molecular flexibility index (Phi) is 6.21. The van der Waals surface area contributed by atoms with E-state index < -0.39 is 0 Å². The van der Waals surface area contributed by atoms with Crippen LogP contribution in [0.1, 0.15) is 0 Å². The number of carbonyl (C=O) groups is 1. The summed E-state index contributed by atoms with van der Waals surface area (Å²) in [4.78, 5) is 9.86. The number of ether oxygens (including phenoxy) is 1. The van der Waals surface area contributed by atoms with E-state index in [4.69, 9.17) is 4.74 Å². The van der Waals surface area contributed by atoms with Gasteiger partial charge in [0, 0.05) is 19.6 Å². The van der Waals surface area contributed by atoms with Crippen LogP contribution >= 0.6 is 12.4 Å². The summed E-state index contributed by atoms with van der Waals surface area (Å²) in [5.41, 5.74) is 0. The molecule has 1 heterocycles. The van der Waals surface area contributed by atoms with Gasteiger partial charge in [0.25, 0.3) is 0 Å². The van der Waals surface area contributed by atoms with E-state index in [-0.39, 0.29) is 18.5 Å². The lowest BCUT2D eigenvalue weighted by atomic mass is 10.3. The Morgan fingerprint density at radius 1 is 1.73 bits per heavy atom. The first-order valence-corrected chi connectivity index (χ1v) is 3.43. The monoisotopic (exact) mass is 180 g/mol. The zero-order valence-corrected chi connectivity index (χ0v) is 7.02. The summed E-state index contributed by atoms with van der Waals surface area (Å²) in [5, 5.41) is 5.74. The van der Waals surface area contributed by atoms with Crippen LogP contribution in [0.15, 0.2) is 0 Å². The second-order valence-electron chi connectivity index (χ2n) is 2.22. The van der Waals surface area contributed by atoms with Gasteiger partial charge in [-0.25, -0.2) is 0 Å². The third-order valence-electron chi connectivity index (χ3n) is 1.43. The Bertz CT molecular complexity index is 107. The van der Waals surface area contributed by atoms with E-state index in [1.807, 2.05) is 0 Å². The fraction of sp³-hybridized carbons (Fsp3) is 0.833. The van der Waals surface area contributed by atoms with Crippen molar-refractivity contribution in [1.82, 2.24) is 10.6 Å². The van der Waals surface area contributed by atoms with Gasteiger partial charge in [0.15, 0.2) is 0 Å². The second-order valence-corrected chi connectivity index (χ2v) is 2.22. The second kappa shape index (κ2) is 6.39. The highest BCUT2D eigenvalue weighted by Crippen LogP contribution is 1.92. The molecule has 1 saturated heterocycles. The maximum Gasteiger partial charge on any atom is 0.207 e. The van der Waals surface area contributed by atoms with Gasteiger partial charge in [0.05, 0.1) is 12.7 Å². The minimum absolute atomic E-state index is 0. The van der Waals surface area contributed by atoms with E-state index in [9.17, 15) is 4.79 Å². The molecular formula is C6H13ClN2O2. The summed E-state index contributed by atoms with van der Waals surface area (Å²) in [5.74, 6) is 0. The molecule has 4 nitrogen and oxygen atoms in total. The van der Waals surface area contributed by atoms with Crippen LogP contribution in [-0.2, 0) is 9.53 Å². The Morgan fingerprint density at radius 3 is 3.09 bits per heavy atom. The molecular weight excluding hydrogens is 168 g/mol. The van der Waals surface area contributed by atoms with E-state index in [2.05, 4.69) is 10.6 Å². The lowest BCUT2D eigenvalue weighted by Crippen LogP contribution is -2.43.